The van der Waals surface area contributed by atoms with E-state index in [4.69, 9.17) is 6.42 Å². The van der Waals surface area contributed by atoms with E-state index in [0.29, 0.717) is 6.42 Å². The van der Waals surface area contributed by atoms with Crippen LogP contribution in [0.15, 0.2) is 0 Å². The quantitative estimate of drug-likeness (QED) is 0.532. The summed E-state index contributed by atoms with van der Waals surface area (Å²) in [7, 11) is 0. The standard InChI is InChI=1S/C7H12O/c1-4-6-7(3,8)5-2/h1,8H,5-6H2,2-3H3/t7-/m1/s1. The Morgan fingerprint density at radius 1 is 1.75 bits per heavy atom. The number of rotatable bonds is 2. The van der Waals surface area contributed by atoms with Crippen molar-refractivity contribution in [1.82, 2.24) is 0 Å². The smallest absolute Gasteiger partial charge is 0.0725 e. The van der Waals surface area contributed by atoms with E-state index in [0.717, 1.165) is 6.42 Å². The molecule has 1 nitrogen and oxygen atoms in total. The van der Waals surface area contributed by atoms with Crippen LogP contribution in [-0.2, 0) is 0 Å². The molecule has 0 saturated heterocycles. The molecule has 1 N–H and O–H groups in total. The van der Waals surface area contributed by atoms with Gasteiger partial charge in [0, 0.05) is 6.42 Å². The zero-order chi connectivity index (χ0) is 6.62. The molecule has 0 aliphatic carbocycles. The largest absolute Gasteiger partial charge is 0.389 e. The first-order chi connectivity index (χ1) is 3.62. The van der Waals surface area contributed by atoms with Crippen molar-refractivity contribution in [2.24, 2.45) is 0 Å². The van der Waals surface area contributed by atoms with Crippen LogP contribution in [0, 0.1) is 12.3 Å². The summed E-state index contributed by atoms with van der Waals surface area (Å²) in [6, 6.07) is 0. The minimum absolute atomic E-state index is 0.448. The Labute approximate surface area is 50.7 Å². The Morgan fingerprint density at radius 3 is 2.38 bits per heavy atom. The average molecular weight is 112 g/mol. The van der Waals surface area contributed by atoms with E-state index >= 15 is 0 Å². The van der Waals surface area contributed by atoms with Crippen LogP contribution in [0.4, 0.5) is 0 Å². The molecule has 0 saturated carbocycles. The second-order valence-corrected chi connectivity index (χ2v) is 2.23. The Hall–Kier alpha value is -0.480. The molecule has 0 heterocycles. The van der Waals surface area contributed by atoms with Crippen LogP contribution in [0.2, 0.25) is 0 Å². The predicted molar refractivity (Wildman–Crippen MR) is 34.4 cm³/mol. The van der Waals surface area contributed by atoms with Crippen molar-refractivity contribution in [1.29, 1.82) is 0 Å². The maximum Gasteiger partial charge on any atom is 0.0725 e. The third-order valence-corrected chi connectivity index (χ3v) is 1.24. The summed E-state index contributed by atoms with van der Waals surface area (Å²) in [4.78, 5) is 0. The number of terminal acetylenes is 1. The Balaban J connectivity index is 3.58. The molecule has 0 aliphatic rings. The van der Waals surface area contributed by atoms with Crippen molar-refractivity contribution >= 4 is 0 Å². The summed E-state index contributed by atoms with van der Waals surface area (Å²) < 4.78 is 0. The third-order valence-electron chi connectivity index (χ3n) is 1.24. The maximum atomic E-state index is 9.18. The molecule has 8 heavy (non-hydrogen) atoms. The first-order valence-corrected chi connectivity index (χ1v) is 2.78. The van der Waals surface area contributed by atoms with Gasteiger partial charge in [0.15, 0.2) is 0 Å². The van der Waals surface area contributed by atoms with Gasteiger partial charge in [0.1, 0.15) is 0 Å². The molecule has 1 heteroatoms. The number of hydrogen-bond donors (Lipinski definition) is 1. The molecule has 0 radical (unpaired) electrons. The zero-order valence-electron chi connectivity index (χ0n) is 5.44. The summed E-state index contributed by atoms with van der Waals surface area (Å²) in [5.41, 5.74) is -0.644. The van der Waals surface area contributed by atoms with Crippen molar-refractivity contribution in [2.45, 2.75) is 32.3 Å². The van der Waals surface area contributed by atoms with Crippen LogP contribution in [0.5, 0.6) is 0 Å². The lowest BCUT2D eigenvalue weighted by molar-refractivity contribution is 0.0615. The molecule has 0 aromatic carbocycles. The molecule has 0 bridgehead atoms. The van der Waals surface area contributed by atoms with Gasteiger partial charge in [0.2, 0.25) is 0 Å². The van der Waals surface area contributed by atoms with Crippen molar-refractivity contribution in [3.05, 3.63) is 0 Å². The Morgan fingerprint density at radius 2 is 2.25 bits per heavy atom. The van der Waals surface area contributed by atoms with Gasteiger partial charge < -0.3 is 5.11 Å². The van der Waals surface area contributed by atoms with Gasteiger partial charge in [0.25, 0.3) is 0 Å². The molecule has 0 unspecified atom stereocenters. The monoisotopic (exact) mass is 112 g/mol. The minimum atomic E-state index is -0.644. The highest BCUT2D eigenvalue weighted by Crippen LogP contribution is 2.11. The van der Waals surface area contributed by atoms with E-state index in [1.165, 1.54) is 0 Å². The van der Waals surface area contributed by atoms with Crippen LogP contribution in [0.3, 0.4) is 0 Å². The summed E-state index contributed by atoms with van der Waals surface area (Å²) in [5.74, 6) is 2.41. The molecular formula is C7H12O. The minimum Gasteiger partial charge on any atom is -0.389 e. The molecule has 0 amide bonds. The SMILES string of the molecule is C#CC[C@](C)(O)CC. The van der Waals surface area contributed by atoms with Gasteiger partial charge in [-0.05, 0) is 13.3 Å². The molecule has 0 rings (SSSR count). The lowest BCUT2D eigenvalue weighted by Gasteiger charge is -2.16. The van der Waals surface area contributed by atoms with Gasteiger partial charge in [-0.1, -0.05) is 6.92 Å². The van der Waals surface area contributed by atoms with Gasteiger partial charge >= 0.3 is 0 Å². The van der Waals surface area contributed by atoms with E-state index in [1.807, 2.05) is 6.92 Å². The summed E-state index contributed by atoms with van der Waals surface area (Å²) in [6.45, 7) is 3.66. The summed E-state index contributed by atoms with van der Waals surface area (Å²) >= 11 is 0. The van der Waals surface area contributed by atoms with Crippen LogP contribution in [0.25, 0.3) is 0 Å². The van der Waals surface area contributed by atoms with Crippen molar-refractivity contribution in [2.75, 3.05) is 0 Å². The van der Waals surface area contributed by atoms with Crippen molar-refractivity contribution in [3.8, 4) is 12.3 Å². The first kappa shape index (κ1) is 7.52. The average Bonchev–Trinajstić information content (AvgIpc) is 1.67. The second-order valence-electron chi connectivity index (χ2n) is 2.23. The van der Waals surface area contributed by atoms with Crippen molar-refractivity contribution < 1.29 is 5.11 Å². The lowest BCUT2D eigenvalue weighted by Crippen LogP contribution is -2.21. The van der Waals surface area contributed by atoms with E-state index in [9.17, 15) is 5.11 Å². The number of hydrogen-bond acceptors (Lipinski definition) is 1. The fraction of sp³-hybridized carbons (Fsp3) is 0.714. The second kappa shape index (κ2) is 2.74. The van der Waals surface area contributed by atoms with E-state index in [1.54, 1.807) is 6.92 Å². The molecule has 0 aromatic heterocycles. The summed E-state index contributed by atoms with van der Waals surface area (Å²) in [5, 5.41) is 9.18. The molecule has 1 atom stereocenters. The normalized spacial score (nSPS) is 16.8. The maximum absolute atomic E-state index is 9.18. The molecule has 0 fully saturated rings. The van der Waals surface area contributed by atoms with Gasteiger partial charge in [-0.3, -0.25) is 0 Å². The fourth-order valence-corrected chi connectivity index (χ4v) is 0.345. The van der Waals surface area contributed by atoms with Crippen LogP contribution in [0.1, 0.15) is 26.7 Å². The summed E-state index contributed by atoms with van der Waals surface area (Å²) in [6.07, 6.45) is 6.15. The first-order valence-electron chi connectivity index (χ1n) is 2.78. The number of aliphatic hydroxyl groups is 1. The van der Waals surface area contributed by atoms with Gasteiger partial charge in [-0.15, -0.1) is 12.3 Å². The Bertz CT molecular complexity index is 97.4. The highest BCUT2D eigenvalue weighted by atomic mass is 16.3. The van der Waals surface area contributed by atoms with Crippen LogP contribution >= 0.6 is 0 Å². The molecule has 0 aromatic rings. The van der Waals surface area contributed by atoms with E-state index in [-0.39, 0.29) is 0 Å². The highest BCUT2D eigenvalue weighted by Gasteiger charge is 2.14. The molecular weight excluding hydrogens is 100 g/mol. The topological polar surface area (TPSA) is 20.2 Å². The zero-order valence-corrected chi connectivity index (χ0v) is 5.44. The van der Waals surface area contributed by atoms with E-state index in [2.05, 4.69) is 5.92 Å². The van der Waals surface area contributed by atoms with Crippen LogP contribution in [-0.4, -0.2) is 10.7 Å². The van der Waals surface area contributed by atoms with Crippen LogP contribution < -0.4 is 0 Å². The van der Waals surface area contributed by atoms with Gasteiger partial charge in [0.05, 0.1) is 5.60 Å². The van der Waals surface area contributed by atoms with Gasteiger partial charge in [-0.2, -0.15) is 0 Å². The molecule has 0 aliphatic heterocycles. The predicted octanol–water partition coefficient (Wildman–Crippen LogP) is 1.17. The third kappa shape index (κ3) is 2.65. The highest BCUT2D eigenvalue weighted by molar-refractivity contribution is 4.92. The Kier molecular flexibility index (Phi) is 2.57. The van der Waals surface area contributed by atoms with Crippen molar-refractivity contribution in [3.63, 3.8) is 0 Å². The molecule has 0 spiro atoms. The van der Waals surface area contributed by atoms with Gasteiger partial charge in [-0.25, -0.2) is 0 Å². The van der Waals surface area contributed by atoms with E-state index < -0.39 is 5.60 Å². The lowest BCUT2D eigenvalue weighted by atomic mass is 10.0. The molecule has 46 valence electrons. The fourth-order valence-electron chi connectivity index (χ4n) is 0.345.